The first-order valence-electron chi connectivity index (χ1n) is 13.4. The molecule has 5 rings (SSSR count). The summed E-state index contributed by atoms with van der Waals surface area (Å²) in [6.07, 6.45) is 2.42. The van der Waals surface area contributed by atoms with E-state index in [4.69, 9.17) is 23.2 Å². The molecule has 2 aliphatic carbocycles. The molecule has 0 unspecified atom stereocenters. The number of ketones is 1. The minimum absolute atomic E-state index is 0.00364. The fourth-order valence-electron chi connectivity index (χ4n) is 5.63. The van der Waals surface area contributed by atoms with Crippen molar-refractivity contribution in [2.24, 2.45) is 11.8 Å². The van der Waals surface area contributed by atoms with Gasteiger partial charge in [-0.3, -0.25) is 9.78 Å². The van der Waals surface area contributed by atoms with Gasteiger partial charge in [0, 0.05) is 40.1 Å². The smallest absolute Gasteiger partial charge is 0.381 e. The average Bonchev–Trinajstić information content (AvgIpc) is 3.72. The van der Waals surface area contributed by atoms with E-state index in [0.717, 1.165) is 51.1 Å². The van der Waals surface area contributed by atoms with Gasteiger partial charge in [-0.15, -0.1) is 0 Å². The van der Waals surface area contributed by atoms with E-state index in [2.05, 4.69) is 29.3 Å². The highest BCUT2D eigenvalue weighted by atomic mass is 35.5. The number of rotatable bonds is 7. The molecule has 0 bridgehead atoms. The zero-order valence-electron chi connectivity index (χ0n) is 22.3. The Balaban J connectivity index is 1.63. The van der Waals surface area contributed by atoms with Crippen LogP contribution in [0.3, 0.4) is 0 Å². The summed E-state index contributed by atoms with van der Waals surface area (Å²) in [5.74, 6) is 0.553. The van der Waals surface area contributed by atoms with Crippen molar-refractivity contribution in [3.8, 4) is 11.1 Å². The van der Waals surface area contributed by atoms with Crippen LogP contribution in [0.2, 0.25) is 10.0 Å². The molecule has 0 aliphatic heterocycles. The van der Waals surface area contributed by atoms with Gasteiger partial charge in [-0.2, -0.15) is 13.2 Å². The Hall–Kier alpha value is -2.35. The minimum atomic E-state index is -4.63. The lowest BCUT2D eigenvalue weighted by Crippen LogP contribution is -2.31. The summed E-state index contributed by atoms with van der Waals surface area (Å²) in [5, 5.41) is 4.66. The van der Waals surface area contributed by atoms with Crippen LogP contribution in [-0.4, -0.2) is 42.3 Å². The third kappa shape index (κ3) is 6.06. The summed E-state index contributed by atoms with van der Waals surface area (Å²) in [4.78, 5) is 19.8. The van der Waals surface area contributed by atoms with Crippen LogP contribution < -0.4 is 5.32 Å². The van der Waals surface area contributed by atoms with Crippen LogP contribution in [-0.2, 0) is 6.18 Å². The van der Waals surface area contributed by atoms with Crippen LogP contribution >= 0.6 is 23.2 Å². The summed E-state index contributed by atoms with van der Waals surface area (Å²) < 4.78 is 42.9. The fourth-order valence-corrected chi connectivity index (χ4v) is 6.12. The topological polar surface area (TPSA) is 45.2 Å². The van der Waals surface area contributed by atoms with E-state index in [-0.39, 0.29) is 44.4 Å². The molecule has 0 atom stereocenters. The van der Waals surface area contributed by atoms with Gasteiger partial charge in [-0.25, -0.2) is 0 Å². The van der Waals surface area contributed by atoms with E-state index in [9.17, 15) is 18.0 Å². The molecule has 9 heteroatoms. The van der Waals surface area contributed by atoms with E-state index < -0.39 is 11.7 Å². The fraction of sp³-hybridized carbons (Fsp3) is 0.467. The number of nitrogens with one attached hydrogen (secondary N) is 1. The lowest BCUT2D eigenvalue weighted by atomic mass is 9.85. The second-order valence-electron chi connectivity index (χ2n) is 11.3. The second kappa shape index (κ2) is 10.9. The van der Waals surface area contributed by atoms with Gasteiger partial charge < -0.3 is 10.2 Å². The Kier molecular flexibility index (Phi) is 7.88. The maximum Gasteiger partial charge on any atom is 0.417 e. The maximum atomic E-state index is 14.3. The van der Waals surface area contributed by atoms with Gasteiger partial charge >= 0.3 is 6.18 Å². The van der Waals surface area contributed by atoms with Crippen LogP contribution in [0.15, 0.2) is 30.5 Å². The summed E-state index contributed by atoms with van der Waals surface area (Å²) in [5.41, 5.74) is 1.20. The molecule has 0 radical (unpaired) electrons. The van der Waals surface area contributed by atoms with Crippen LogP contribution in [0, 0.1) is 18.8 Å². The normalized spacial score (nSPS) is 20.0. The van der Waals surface area contributed by atoms with Crippen molar-refractivity contribution in [1.29, 1.82) is 0 Å². The summed E-state index contributed by atoms with van der Waals surface area (Å²) >= 11 is 12.7. The highest BCUT2D eigenvalue weighted by Crippen LogP contribution is 2.44. The zero-order chi connectivity index (χ0) is 28.1. The molecule has 0 amide bonds. The standard InChI is InChI=1S/C30H32Cl2F3N3O/c1-16-25(31)10-19(11-26(16)32)21-12-22-27(13-24(21)30(33,34)35)36-14-23(29(39)18-6-7-18)28(22)37-20-8-4-17(5-9-20)15-38(2)3/h10-14,17-18,20H,4-9,15H2,1-3H3,(H,36,37). The molecular formula is C30H32Cl2F3N3O. The zero-order valence-corrected chi connectivity index (χ0v) is 23.8. The molecular weight excluding hydrogens is 546 g/mol. The maximum absolute atomic E-state index is 14.3. The number of aromatic nitrogens is 1. The number of nitrogens with zero attached hydrogens (tertiary/aromatic N) is 2. The van der Waals surface area contributed by atoms with Crippen LogP contribution in [0.5, 0.6) is 0 Å². The summed E-state index contributed by atoms with van der Waals surface area (Å²) in [6.45, 7) is 2.75. The monoisotopic (exact) mass is 577 g/mol. The molecule has 0 spiro atoms. The number of anilines is 1. The Labute approximate surface area is 236 Å². The second-order valence-corrected chi connectivity index (χ2v) is 12.1. The van der Waals surface area contributed by atoms with E-state index in [1.807, 2.05) is 0 Å². The number of Topliss-reactive ketones (excluding diaryl/α,β-unsaturated/α-hetero) is 1. The average molecular weight is 579 g/mol. The van der Waals surface area contributed by atoms with Crippen molar-refractivity contribution in [2.45, 2.75) is 57.7 Å². The van der Waals surface area contributed by atoms with E-state index in [1.165, 1.54) is 24.4 Å². The van der Waals surface area contributed by atoms with Gasteiger partial charge in [0.1, 0.15) is 0 Å². The van der Waals surface area contributed by atoms with Gasteiger partial charge in [-0.1, -0.05) is 23.2 Å². The molecule has 2 saturated carbocycles. The minimum Gasteiger partial charge on any atom is -0.381 e. The van der Waals surface area contributed by atoms with Gasteiger partial charge in [0.25, 0.3) is 0 Å². The van der Waals surface area contributed by atoms with Crippen molar-refractivity contribution in [1.82, 2.24) is 9.88 Å². The molecule has 1 aromatic heterocycles. The predicted octanol–water partition coefficient (Wildman–Crippen LogP) is 8.66. The Bertz CT molecular complexity index is 1390. The number of alkyl halides is 3. The summed E-state index contributed by atoms with van der Waals surface area (Å²) in [7, 11) is 4.15. The van der Waals surface area contributed by atoms with Gasteiger partial charge in [-0.05, 0) is 106 Å². The number of hydrogen-bond acceptors (Lipinski definition) is 4. The van der Waals surface area contributed by atoms with Crippen molar-refractivity contribution in [3.05, 3.63) is 57.2 Å². The van der Waals surface area contributed by atoms with Crippen molar-refractivity contribution in [3.63, 3.8) is 0 Å². The first-order valence-corrected chi connectivity index (χ1v) is 14.1. The quantitative estimate of drug-likeness (QED) is 0.285. The SMILES string of the molecule is Cc1c(Cl)cc(-c2cc3c(NC4CCC(CN(C)C)CC4)c(C(=O)C4CC4)cnc3cc2C(F)(F)F)cc1Cl. The molecule has 39 heavy (non-hydrogen) atoms. The highest BCUT2D eigenvalue weighted by Gasteiger charge is 2.37. The van der Waals surface area contributed by atoms with Crippen LogP contribution in [0.1, 0.15) is 60.0 Å². The molecule has 0 saturated heterocycles. The van der Waals surface area contributed by atoms with E-state index in [0.29, 0.717) is 28.1 Å². The number of halogens is 5. The van der Waals surface area contributed by atoms with Crippen LogP contribution in [0.25, 0.3) is 22.0 Å². The number of hydrogen-bond donors (Lipinski definition) is 1. The molecule has 1 heterocycles. The number of pyridine rings is 1. The van der Waals surface area contributed by atoms with Crippen molar-refractivity contribution in [2.75, 3.05) is 26.0 Å². The Morgan fingerprint density at radius 1 is 1.03 bits per heavy atom. The van der Waals surface area contributed by atoms with Crippen molar-refractivity contribution >= 4 is 45.6 Å². The Morgan fingerprint density at radius 2 is 1.67 bits per heavy atom. The number of carbonyl (C=O) groups excluding carboxylic acids is 1. The molecule has 4 nitrogen and oxygen atoms in total. The molecule has 2 fully saturated rings. The molecule has 208 valence electrons. The summed E-state index contributed by atoms with van der Waals surface area (Å²) in [6, 6.07) is 5.69. The number of carbonyl (C=O) groups is 1. The highest BCUT2D eigenvalue weighted by molar-refractivity contribution is 6.36. The molecule has 1 N–H and O–H groups in total. The van der Waals surface area contributed by atoms with Gasteiger partial charge in [0.05, 0.1) is 22.3 Å². The molecule has 3 aromatic rings. The molecule has 2 aliphatic rings. The molecule has 2 aromatic carbocycles. The first kappa shape index (κ1) is 28.2. The lowest BCUT2D eigenvalue weighted by Gasteiger charge is -2.32. The lowest BCUT2D eigenvalue weighted by molar-refractivity contribution is -0.137. The van der Waals surface area contributed by atoms with Gasteiger partial charge in [0.15, 0.2) is 5.78 Å². The number of benzene rings is 2. The van der Waals surface area contributed by atoms with Crippen molar-refractivity contribution < 1.29 is 18.0 Å². The first-order chi connectivity index (χ1) is 18.4. The van der Waals surface area contributed by atoms with E-state index >= 15 is 0 Å². The van der Waals surface area contributed by atoms with E-state index in [1.54, 1.807) is 6.92 Å². The van der Waals surface area contributed by atoms with Gasteiger partial charge in [0.2, 0.25) is 0 Å². The van der Waals surface area contributed by atoms with Crippen LogP contribution in [0.4, 0.5) is 18.9 Å². The Morgan fingerprint density at radius 3 is 2.23 bits per heavy atom. The third-order valence-corrected chi connectivity index (χ3v) is 8.72. The largest absolute Gasteiger partial charge is 0.417 e. The number of fused-ring (bicyclic) bond motifs is 1. The third-order valence-electron chi connectivity index (χ3n) is 7.94. The predicted molar refractivity (Wildman–Crippen MR) is 152 cm³/mol.